The molecule has 3 nitrogen and oxygen atoms in total. The molecule has 0 aliphatic carbocycles. The van der Waals surface area contributed by atoms with Gasteiger partial charge in [0.1, 0.15) is 0 Å². The van der Waals surface area contributed by atoms with Gasteiger partial charge >= 0.3 is 0 Å². The molecule has 0 radical (unpaired) electrons. The number of aryl methyl sites for hydroxylation is 1. The van der Waals surface area contributed by atoms with Gasteiger partial charge in [-0.15, -0.1) is 0 Å². The number of nitrogens with one attached hydrogen (secondary N) is 1. The molecule has 0 fully saturated rings. The number of nitrogens with zero attached hydrogens (tertiary/aromatic N) is 1. The maximum atomic E-state index is 12.4. The summed E-state index contributed by atoms with van der Waals surface area (Å²) >= 11 is 0. The summed E-state index contributed by atoms with van der Waals surface area (Å²) < 4.78 is 0. The van der Waals surface area contributed by atoms with Crippen LogP contribution in [0.25, 0.3) is 0 Å². The van der Waals surface area contributed by atoms with Gasteiger partial charge in [0.05, 0.1) is 0 Å². The molecule has 1 N–H and O–H groups in total. The van der Waals surface area contributed by atoms with Crippen LogP contribution in [-0.2, 0) is 0 Å². The number of benzene rings is 3. The minimum atomic E-state index is -0.201. The van der Waals surface area contributed by atoms with Gasteiger partial charge in [0.2, 0.25) is 0 Å². The quantitative estimate of drug-likeness (QED) is 0.518. The van der Waals surface area contributed by atoms with Crippen molar-refractivity contribution >= 4 is 11.6 Å². The fourth-order valence-electron chi connectivity index (χ4n) is 3.02. The number of carbonyl (C=O) groups excluding carboxylic acids is 1. The highest BCUT2D eigenvalue weighted by molar-refractivity contribution is 5.97. The maximum absolute atomic E-state index is 12.4. The van der Waals surface area contributed by atoms with Gasteiger partial charge in [-0.05, 0) is 37.1 Å². The van der Waals surface area contributed by atoms with Crippen molar-refractivity contribution in [2.75, 3.05) is 0 Å². The number of amides is 1. The van der Waals surface area contributed by atoms with Crippen LogP contribution < -0.4 is 5.43 Å². The van der Waals surface area contributed by atoms with Crippen molar-refractivity contribution in [2.24, 2.45) is 5.10 Å². The molecule has 0 heterocycles. The van der Waals surface area contributed by atoms with E-state index in [1.54, 1.807) is 6.07 Å². The Bertz CT molecular complexity index is 862. The molecule has 0 bridgehead atoms. The van der Waals surface area contributed by atoms with E-state index in [1.165, 1.54) is 0 Å². The molecule has 0 aromatic heterocycles. The van der Waals surface area contributed by atoms with Gasteiger partial charge in [-0.2, -0.15) is 5.10 Å². The first-order valence-electron chi connectivity index (χ1n) is 8.66. The van der Waals surface area contributed by atoms with Crippen LogP contribution in [0, 0.1) is 6.92 Å². The summed E-state index contributed by atoms with van der Waals surface area (Å²) in [6.45, 7) is 3.91. The zero-order chi connectivity index (χ0) is 18.4. The van der Waals surface area contributed by atoms with Crippen LogP contribution in [0.15, 0.2) is 90.0 Å². The summed E-state index contributed by atoms with van der Waals surface area (Å²) in [5, 5.41) is 4.40. The summed E-state index contributed by atoms with van der Waals surface area (Å²) in [5.74, 6) is -0.205. The number of carbonyl (C=O) groups is 1. The van der Waals surface area contributed by atoms with Crippen LogP contribution in [0.5, 0.6) is 0 Å². The maximum Gasteiger partial charge on any atom is 0.271 e. The first kappa shape index (κ1) is 17.6. The third-order valence-electron chi connectivity index (χ3n) is 4.30. The molecule has 0 aliphatic rings. The van der Waals surface area contributed by atoms with Crippen molar-refractivity contribution in [1.29, 1.82) is 0 Å². The van der Waals surface area contributed by atoms with Gasteiger partial charge in [-0.1, -0.05) is 78.4 Å². The summed E-state index contributed by atoms with van der Waals surface area (Å²) in [6, 6.07) is 27.9. The van der Waals surface area contributed by atoms with E-state index in [-0.39, 0.29) is 11.8 Å². The Labute approximate surface area is 154 Å². The Kier molecular flexibility index (Phi) is 5.59. The second kappa shape index (κ2) is 8.26. The number of hydrazone groups is 1. The van der Waals surface area contributed by atoms with Crippen molar-refractivity contribution in [2.45, 2.75) is 19.8 Å². The lowest BCUT2D eigenvalue weighted by atomic mass is 9.88. The Morgan fingerprint density at radius 3 is 1.96 bits per heavy atom. The predicted molar refractivity (Wildman–Crippen MR) is 106 cm³/mol. The molecule has 3 heteroatoms. The lowest BCUT2D eigenvalue weighted by Crippen LogP contribution is -2.21. The van der Waals surface area contributed by atoms with E-state index in [4.69, 9.17) is 0 Å². The second-order valence-electron chi connectivity index (χ2n) is 6.32. The smallest absolute Gasteiger partial charge is 0.267 e. The lowest BCUT2D eigenvalue weighted by Gasteiger charge is -2.18. The highest BCUT2D eigenvalue weighted by atomic mass is 16.2. The van der Waals surface area contributed by atoms with E-state index in [0.29, 0.717) is 5.56 Å². The van der Waals surface area contributed by atoms with E-state index < -0.39 is 0 Å². The molecule has 0 saturated carbocycles. The van der Waals surface area contributed by atoms with Gasteiger partial charge in [0.25, 0.3) is 5.91 Å². The molecule has 130 valence electrons. The third-order valence-corrected chi connectivity index (χ3v) is 4.30. The molecule has 0 atom stereocenters. The molecule has 3 rings (SSSR count). The molecule has 1 amide bonds. The van der Waals surface area contributed by atoms with Crippen LogP contribution in [0.2, 0.25) is 0 Å². The summed E-state index contributed by atoms with van der Waals surface area (Å²) in [4.78, 5) is 12.4. The standard InChI is InChI=1S/C23H22N2O/c1-17-10-9-15-21(16-17)23(26)25-24-18(2)22(19-11-5-3-6-12-19)20-13-7-4-8-14-20/h3-16,22H,1-2H3,(H,25,26)/b24-18+. The van der Waals surface area contributed by atoms with E-state index in [1.807, 2.05) is 68.4 Å². The first-order chi connectivity index (χ1) is 12.6. The number of hydrogen-bond acceptors (Lipinski definition) is 2. The number of hydrogen-bond donors (Lipinski definition) is 1. The normalized spacial score (nSPS) is 11.4. The Hall–Kier alpha value is -3.20. The molecule has 3 aromatic rings. The SMILES string of the molecule is C/C(=N\NC(=O)c1cccc(C)c1)C(c1ccccc1)c1ccccc1. The largest absolute Gasteiger partial charge is 0.271 e. The van der Waals surface area contributed by atoms with Crippen molar-refractivity contribution in [3.63, 3.8) is 0 Å². The second-order valence-corrected chi connectivity index (χ2v) is 6.32. The van der Waals surface area contributed by atoms with Gasteiger partial charge in [-0.3, -0.25) is 4.79 Å². The molecular weight excluding hydrogens is 320 g/mol. The minimum absolute atomic E-state index is 0.00444. The van der Waals surface area contributed by atoms with Gasteiger partial charge in [0, 0.05) is 17.2 Å². The zero-order valence-corrected chi connectivity index (χ0v) is 15.0. The van der Waals surface area contributed by atoms with Crippen LogP contribution in [0.3, 0.4) is 0 Å². The van der Waals surface area contributed by atoms with Crippen molar-refractivity contribution in [3.05, 3.63) is 107 Å². The van der Waals surface area contributed by atoms with Gasteiger partial charge < -0.3 is 0 Å². The molecular formula is C23H22N2O. The molecule has 0 aliphatic heterocycles. The monoisotopic (exact) mass is 342 g/mol. The Morgan fingerprint density at radius 2 is 1.42 bits per heavy atom. The van der Waals surface area contributed by atoms with Crippen LogP contribution >= 0.6 is 0 Å². The van der Waals surface area contributed by atoms with Crippen LogP contribution in [0.4, 0.5) is 0 Å². The fraction of sp³-hybridized carbons (Fsp3) is 0.130. The van der Waals surface area contributed by atoms with Crippen molar-refractivity contribution < 1.29 is 4.79 Å². The topological polar surface area (TPSA) is 41.5 Å². The minimum Gasteiger partial charge on any atom is -0.267 e. The van der Waals surface area contributed by atoms with Crippen molar-refractivity contribution in [3.8, 4) is 0 Å². The summed E-state index contributed by atoms with van der Waals surface area (Å²) in [7, 11) is 0. The molecule has 0 spiro atoms. The van der Waals surface area contributed by atoms with E-state index in [2.05, 4.69) is 34.8 Å². The number of rotatable bonds is 5. The van der Waals surface area contributed by atoms with Gasteiger partial charge in [0.15, 0.2) is 0 Å². The van der Waals surface area contributed by atoms with Crippen molar-refractivity contribution in [1.82, 2.24) is 5.43 Å². The highest BCUT2D eigenvalue weighted by Gasteiger charge is 2.17. The van der Waals surface area contributed by atoms with E-state index in [0.717, 1.165) is 22.4 Å². The Balaban J connectivity index is 1.87. The van der Waals surface area contributed by atoms with Gasteiger partial charge in [-0.25, -0.2) is 5.43 Å². The van der Waals surface area contributed by atoms with Crippen LogP contribution in [0.1, 0.15) is 39.9 Å². The zero-order valence-electron chi connectivity index (χ0n) is 15.0. The van der Waals surface area contributed by atoms with E-state index >= 15 is 0 Å². The Morgan fingerprint density at radius 1 is 0.846 bits per heavy atom. The molecule has 3 aromatic carbocycles. The predicted octanol–water partition coefficient (Wildman–Crippen LogP) is 4.93. The average Bonchev–Trinajstić information content (AvgIpc) is 2.68. The molecule has 0 unspecified atom stereocenters. The lowest BCUT2D eigenvalue weighted by molar-refractivity contribution is 0.0954. The first-order valence-corrected chi connectivity index (χ1v) is 8.66. The molecule has 0 saturated heterocycles. The van der Waals surface area contributed by atoms with E-state index in [9.17, 15) is 4.79 Å². The summed E-state index contributed by atoms with van der Waals surface area (Å²) in [5.41, 5.74) is 7.47. The molecule has 26 heavy (non-hydrogen) atoms. The highest BCUT2D eigenvalue weighted by Crippen LogP contribution is 2.26. The van der Waals surface area contributed by atoms with Crippen LogP contribution in [-0.4, -0.2) is 11.6 Å². The fourth-order valence-corrected chi connectivity index (χ4v) is 3.02. The summed E-state index contributed by atoms with van der Waals surface area (Å²) in [6.07, 6.45) is 0. The third kappa shape index (κ3) is 4.25. The average molecular weight is 342 g/mol.